The number of hydrogen-bond acceptors (Lipinski definition) is 5. The molecular formula is C23H29ClN2O5S. The Kier molecular flexibility index (Phi) is 8.03. The van der Waals surface area contributed by atoms with Gasteiger partial charge in [-0.15, -0.1) is 0 Å². The molecular weight excluding hydrogens is 452 g/mol. The van der Waals surface area contributed by atoms with Crippen LogP contribution >= 0.6 is 11.6 Å². The Labute approximate surface area is 194 Å². The van der Waals surface area contributed by atoms with Gasteiger partial charge in [0.1, 0.15) is 4.90 Å². The zero-order valence-corrected chi connectivity index (χ0v) is 20.2. The summed E-state index contributed by atoms with van der Waals surface area (Å²) >= 11 is 6.27. The van der Waals surface area contributed by atoms with Crippen LogP contribution in [0.1, 0.15) is 41.6 Å². The summed E-state index contributed by atoms with van der Waals surface area (Å²) in [4.78, 5) is 14.6. The van der Waals surface area contributed by atoms with E-state index in [1.165, 1.54) is 21.3 Å². The van der Waals surface area contributed by atoms with Crippen LogP contribution in [-0.4, -0.2) is 57.9 Å². The van der Waals surface area contributed by atoms with E-state index in [1.807, 2.05) is 12.1 Å². The number of hydrogen-bond donors (Lipinski definition) is 0. The van der Waals surface area contributed by atoms with E-state index in [0.717, 1.165) is 31.2 Å². The molecule has 9 heteroatoms. The molecule has 1 saturated heterocycles. The molecule has 32 heavy (non-hydrogen) atoms. The summed E-state index contributed by atoms with van der Waals surface area (Å²) in [5.74, 6) is 0.803. The highest BCUT2D eigenvalue weighted by molar-refractivity contribution is 7.89. The molecule has 0 saturated carbocycles. The van der Waals surface area contributed by atoms with Gasteiger partial charge in [0.05, 0.1) is 19.2 Å². The smallest absolute Gasteiger partial charge is 0.253 e. The maximum absolute atomic E-state index is 13.2. The number of benzene rings is 2. The zero-order chi connectivity index (χ0) is 23.3. The zero-order valence-electron chi connectivity index (χ0n) is 18.6. The van der Waals surface area contributed by atoms with Crippen molar-refractivity contribution in [2.24, 2.45) is 0 Å². The number of para-hydroxylation sites is 1. The van der Waals surface area contributed by atoms with Gasteiger partial charge in [-0.05, 0) is 37.1 Å². The fourth-order valence-corrected chi connectivity index (χ4v) is 5.90. The minimum Gasteiger partial charge on any atom is -0.493 e. The van der Waals surface area contributed by atoms with Gasteiger partial charge in [0.2, 0.25) is 10.0 Å². The highest BCUT2D eigenvalue weighted by Crippen LogP contribution is 2.32. The van der Waals surface area contributed by atoms with Gasteiger partial charge in [0.15, 0.2) is 11.5 Å². The monoisotopic (exact) mass is 480 g/mol. The van der Waals surface area contributed by atoms with Gasteiger partial charge in [-0.25, -0.2) is 8.42 Å². The SMILES string of the molecule is COc1cccc(CN(C)C(=O)c2ccc(Cl)c(S(=O)(=O)N3CCCCCC3)c2)c1OC. The number of sulfonamides is 1. The van der Waals surface area contributed by atoms with Crippen LogP contribution in [0.4, 0.5) is 0 Å². The molecule has 0 aromatic heterocycles. The van der Waals surface area contributed by atoms with Gasteiger partial charge in [-0.3, -0.25) is 4.79 Å². The summed E-state index contributed by atoms with van der Waals surface area (Å²) in [5, 5.41) is 0.114. The number of amides is 1. The van der Waals surface area contributed by atoms with Crippen molar-refractivity contribution in [2.45, 2.75) is 37.1 Å². The Morgan fingerprint density at radius 1 is 1.06 bits per heavy atom. The lowest BCUT2D eigenvalue weighted by atomic mass is 10.1. The van der Waals surface area contributed by atoms with E-state index in [0.29, 0.717) is 24.6 Å². The normalized spacial score (nSPS) is 15.1. The molecule has 2 aromatic carbocycles. The van der Waals surface area contributed by atoms with E-state index in [4.69, 9.17) is 21.1 Å². The molecule has 0 N–H and O–H groups in total. The highest BCUT2D eigenvalue weighted by Gasteiger charge is 2.28. The van der Waals surface area contributed by atoms with Gasteiger partial charge in [0, 0.05) is 37.8 Å². The maximum atomic E-state index is 13.2. The maximum Gasteiger partial charge on any atom is 0.253 e. The van der Waals surface area contributed by atoms with Gasteiger partial charge >= 0.3 is 0 Å². The van der Waals surface area contributed by atoms with E-state index in [9.17, 15) is 13.2 Å². The van der Waals surface area contributed by atoms with Crippen molar-refractivity contribution in [3.63, 3.8) is 0 Å². The number of methoxy groups -OCH3 is 2. The molecule has 1 aliphatic rings. The Balaban J connectivity index is 1.86. The van der Waals surface area contributed by atoms with Crippen LogP contribution in [0.5, 0.6) is 11.5 Å². The molecule has 174 valence electrons. The fraction of sp³-hybridized carbons (Fsp3) is 0.435. The van der Waals surface area contributed by atoms with Crippen molar-refractivity contribution in [3.8, 4) is 11.5 Å². The average Bonchev–Trinajstić information content (AvgIpc) is 3.08. The molecule has 7 nitrogen and oxygen atoms in total. The van der Waals surface area contributed by atoms with Crippen LogP contribution in [0.15, 0.2) is 41.3 Å². The van der Waals surface area contributed by atoms with Crippen LogP contribution in [-0.2, 0) is 16.6 Å². The van der Waals surface area contributed by atoms with E-state index >= 15 is 0 Å². The standard InChI is InChI=1S/C23H29ClN2O5S/c1-25(16-18-9-8-10-20(30-2)22(18)31-3)23(27)17-11-12-19(24)21(15-17)32(28,29)26-13-6-4-5-7-14-26/h8-12,15H,4-7,13-14,16H2,1-3H3. The number of nitrogens with zero attached hydrogens (tertiary/aromatic N) is 2. The molecule has 2 aromatic rings. The molecule has 0 radical (unpaired) electrons. The van der Waals surface area contributed by atoms with Crippen molar-refractivity contribution >= 4 is 27.5 Å². The first-order valence-electron chi connectivity index (χ1n) is 10.5. The summed E-state index contributed by atoms with van der Waals surface area (Å²) < 4.78 is 38.7. The van der Waals surface area contributed by atoms with Gasteiger partial charge in [-0.2, -0.15) is 4.31 Å². The Morgan fingerprint density at radius 2 is 1.75 bits per heavy atom. The van der Waals surface area contributed by atoms with E-state index in [-0.39, 0.29) is 27.9 Å². The molecule has 0 aliphatic carbocycles. The Bertz CT molecular complexity index is 1070. The summed E-state index contributed by atoms with van der Waals surface area (Å²) in [6.07, 6.45) is 3.66. The van der Waals surface area contributed by atoms with E-state index in [1.54, 1.807) is 33.4 Å². The van der Waals surface area contributed by atoms with Gasteiger partial charge < -0.3 is 14.4 Å². The quantitative estimate of drug-likeness (QED) is 0.593. The second-order valence-electron chi connectivity index (χ2n) is 7.78. The Morgan fingerprint density at radius 3 is 2.38 bits per heavy atom. The van der Waals surface area contributed by atoms with Crippen LogP contribution in [0.2, 0.25) is 5.02 Å². The number of carbonyl (C=O) groups excluding carboxylic acids is 1. The van der Waals surface area contributed by atoms with E-state index < -0.39 is 10.0 Å². The minimum atomic E-state index is -3.78. The number of carbonyl (C=O) groups is 1. The fourth-order valence-electron chi connectivity index (χ4n) is 3.88. The van der Waals surface area contributed by atoms with E-state index in [2.05, 4.69) is 0 Å². The number of rotatable bonds is 7. The molecule has 1 amide bonds. The summed E-state index contributed by atoms with van der Waals surface area (Å²) in [7, 11) is 0.965. The molecule has 0 atom stereocenters. The first kappa shape index (κ1) is 24.4. The summed E-state index contributed by atoms with van der Waals surface area (Å²) in [6, 6.07) is 9.85. The lowest BCUT2D eigenvalue weighted by Crippen LogP contribution is -2.32. The molecule has 1 aliphatic heterocycles. The first-order chi connectivity index (χ1) is 15.3. The second kappa shape index (κ2) is 10.6. The Hall–Kier alpha value is -2.29. The van der Waals surface area contributed by atoms with Crippen LogP contribution in [0.3, 0.4) is 0 Å². The lowest BCUT2D eigenvalue weighted by molar-refractivity contribution is 0.0783. The molecule has 0 bridgehead atoms. The lowest BCUT2D eigenvalue weighted by Gasteiger charge is -2.22. The third-order valence-corrected chi connectivity index (χ3v) is 7.98. The third kappa shape index (κ3) is 5.19. The van der Waals surface area contributed by atoms with Gasteiger partial charge in [0.25, 0.3) is 5.91 Å². The van der Waals surface area contributed by atoms with Crippen LogP contribution in [0.25, 0.3) is 0 Å². The molecule has 0 spiro atoms. The number of halogens is 1. The topological polar surface area (TPSA) is 76.2 Å². The molecule has 1 heterocycles. The summed E-state index contributed by atoms with van der Waals surface area (Å²) in [6.45, 7) is 1.19. The highest BCUT2D eigenvalue weighted by atomic mass is 35.5. The van der Waals surface area contributed by atoms with Crippen molar-refractivity contribution in [1.82, 2.24) is 9.21 Å². The largest absolute Gasteiger partial charge is 0.493 e. The molecule has 1 fully saturated rings. The van der Waals surface area contributed by atoms with Crippen molar-refractivity contribution in [1.29, 1.82) is 0 Å². The van der Waals surface area contributed by atoms with Crippen molar-refractivity contribution in [3.05, 3.63) is 52.5 Å². The third-order valence-electron chi connectivity index (χ3n) is 5.60. The predicted octanol–water partition coefficient (Wildman–Crippen LogP) is 4.19. The number of ether oxygens (including phenoxy) is 2. The predicted molar refractivity (Wildman–Crippen MR) is 124 cm³/mol. The van der Waals surface area contributed by atoms with Crippen molar-refractivity contribution < 1.29 is 22.7 Å². The van der Waals surface area contributed by atoms with Crippen molar-refractivity contribution in [2.75, 3.05) is 34.4 Å². The van der Waals surface area contributed by atoms with Gasteiger partial charge in [-0.1, -0.05) is 36.6 Å². The second-order valence-corrected chi connectivity index (χ2v) is 10.1. The first-order valence-corrected chi connectivity index (χ1v) is 12.4. The average molecular weight is 481 g/mol. The molecule has 0 unspecified atom stereocenters. The van der Waals surface area contributed by atoms with Crippen LogP contribution < -0.4 is 9.47 Å². The molecule has 3 rings (SSSR count). The minimum absolute atomic E-state index is 0.0284. The summed E-state index contributed by atoms with van der Waals surface area (Å²) in [5.41, 5.74) is 1.03. The van der Waals surface area contributed by atoms with Crippen LogP contribution in [0, 0.1) is 0 Å².